The lowest BCUT2D eigenvalue weighted by atomic mass is 10.1. The fourth-order valence-electron chi connectivity index (χ4n) is 1.81. The SMILES string of the molecule is CCc1ccsc1CNC(C)C(=O)NCCC(C)C. The van der Waals surface area contributed by atoms with Gasteiger partial charge in [0.1, 0.15) is 0 Å². The van der Waals surface area contributed by atoms with E-state index in [1.807, 2.05) is 6.92 Å². The predicted octanol–water partition coefficient (Wildman–Crippen LogP) is 2.95. The molecule has 3 nitrogen and oxygen atoms in total. The van der Waals surface area contributed by atoms with E-state index in [0.717, 1.165) is 25.9 Å². The van der Waals surface area contributed by atoms with Crippen molar-refractivity contribution in [2.45, 2.75) is 53.1 Å². The van der Waals surface area contributed by atoms with Gasteiger partial charge in [0, 0.05) is 18.0 Å². The lowest BCUT2D eigenvalue weighted by Gasteiger charge is -2.14. The molecule has 1 rings (SSSR count). The first-order valence-corrected chi connectivity index (χ1v) is 7.98. The molecule has 0 spiro atoms. The number of hydrogen-bond acceptors (Lipinski definition) is 3. The van der Waals surface area contributed by atoms with E-state index in [-0.39, 0.29) is 11.9 Å². The Morgan fingerprint density at radius 3 is 2.74 bits per heavy atom. The molecular formula is C15H26N2OS. The highest BCUT2D eigenvalue weighted by molar-refractivity contribution is 7.10. The summed E-state index contributed by atoms with van der Waals surface area (Å²) in [5.74, 6) is 0.719. The zero-order valence-electron chi connectivity index (χ0n) is 12.5. The van der Waals surface area contributed by atoms with Crippen molar-refractivity contribution >= 4 is 17.2 Å². The number of amides is 1. The second kappa shape index (κ2) is 8.33. The highest BCUT2D eigenvalue weighted by atomic mass is 32.1. The van der Waals surface area contributed by atoms with Crippen LogP contribution in [-0.2, 0) is 17.8 Å². The van der Waals surface area contributed by atoms with Crippen LogP contribution < -0.4 is 10.6 Å². The highest BCUT2D eigenvalue weighted by Gasteiger charge is 2.12. The maximum absolute atomic E-state index is 11.9. The van der Waals surface area contributed by atoms with Crippen molar-refractivity contribution in [2.75, 3.05) is 6.54 Å². The predicted molar refractivity (Wildman–Crippen MR) is 82.5 cm³/mol. The van der Waals surface area contributed by atoms with Crippen molar-refractivity contribution in [1.82, 2.24) is 10.6 Å². The average Bonchev–Trinajstić information content (AvgIpc) is 2.82. The summed E-state index contributed by atoms with van der Waals surface area (Å²) in [6.07, 6.45) is 2.08. The minimum atomic E-state index is -0.140. The Bertz CT molecular complexity index is 387. The normalized spacial score (nSPS) is 12.7. The van der Waals surface area contributed by atoms with Crippen LogP contribution in [0.15, 0.2) is 11.4 Å². The fraction of sp³-hybridized carbons (Fsp3) is 0.667. The smallest absolute Gasteiger partial charge is 0.236 e. The van der Waals surface area contributed by atoms with Gasteiger partial charge in [-0.1, -0.05) is 20.8 Å². The minimum Gasteiger partial charge on any atom is -0.355 e. The molecule has 1 heterocycles. The number of carbonyl (C=O) groups excluding carboxylic acids is 1. The maximum atomic E-state index is 11.9. The molecule has 1 unspecified atom stereocenters. The van der Waals surface area contributed by atoms with Gasteiger partial charge in [0.25, 0.3) is 0 Å². The first-order valence-electron chi connectivity index (χ1n) is 7.10. The van der Waals surface area contributed by atoms with Gasteiger partial charge in [0.15, 0.2) is 0 Å². The molecular weight excluding hydrogens is 256 g/mol. The third kappa shape index (κ3) is 5.74. The number of rotatable bonds is 8. The van der Waals surface area contributed by atoms with Crippen molar-refractivity contribution in [3.05, 3.63) is 21.9 Å². The van der Waals surface area contributed by atoms with Crippen LogP contribution in [0.1, 0.15) is 44.6 Å². The van der Waals surface area contributed by atoms with Crippen LogP contribution >= 0.6 is 11.3 Å². The number of aryl methyl sites for hydroxylation is 1. The molecule has 0 fully saturated rings. The Hall–Kier alpha value is -0.870. The Balaban J connectivity index is 2.30. The maximum Gasteiger partial charge on any atom is 0.236 e. The molecule has 108 valence electrons. The van der Waals surface area contributed by atoms with Gasteiger partial charge in [-0.2, -0.15) is 0 Å². The van der Waals surface area contributed by atoms with Gasteiger partial charge in [-0.3, -0.25) is 4.79 Å². The molecule has 0 radical (unpaired) electrons. The van der Waals surface area contributed by atoms with Crippen molar-refractivity contribution in [2.24, 2.45) is 5.92 Å². The molecule has 0 aliphatic carbocycles. The standard InChI is InChI=1S/C15H26N2OS/c1-5-13-7-9-19-14(13)10-17-12(4)15(18)16-8-6-11(2)3/h7,9,11-12,17H,5-6,8,10H2,1-4H3,(H,16,18). The van der Waals surface area contributed by atoms with Crippen LogP contribution in [0.4, 0.5) is 0 Å². The number of hydrogen-bond donors (Lipinski definition) is 2. The van der Waals surface area contributed by atoms with Gasteiger partial charge in [-0.05, 0) is 42.7 Å². The van der Waals surface area contributed by atoms with Crippen molar-refractivity contribution in [3.8, 4) is 0 Å². The van der Waals surface area contributed by atoms with Gasteiger partial charge < -0.3 is 10.6 Å². The van der Waals surface area contributed by atoms with E-state index in [1.54, 1.807) is 11.3 Å². The second-order valence-corrected chi connectivity index (χ2v) is 6.30. The fourth-order valence-corrected chi connectivity index (χ4v) is 2.74. The largest absolute Gasteiger partial charge is 0.355 e. The van der Waals surface area contributed by atoms with E-state index < -0.39 is 0 Å². The summed E-state index contributed by atoms with van der Waals surface area (Å²) in [5, 5.41) is 8.38. The van der Waals surface area contributed by atoms with Crippen LogP contribution in [0.25, 0.3) is 0 Å². The summed E-state index contributed by atoms with van der Waals surface area (Å²) in [7, 11) is 0. The summed E-state index contributed by atoms with van der Waals surface area (Å²) in [6.45, 7) is 9.95. The van der Waals surface area contributed by atoms with Crippen molar-refractivity contribution in [1.29, 1.82) is 0 Å². The highest BCUT2D eigenvalue weighted by Crippen LogP contribution is 2.17. The van der Waals surface area contributed by atoms with Crippen LogP contribution in [0.5, 0.6) is 0 Å². The molecule has 4 heteroatoms. The summed E-state index contributed by atoms with van der Waals surface area (Å²) in [4.78, 5) is 13.2. The number of carbonyl (C=O) groups is 1. The third-order valence-corrected chi connectivity index (χ3v) is 4.16. The molecule has 0 saturated heterocycles. The lowest BCUT2D eigenvalue weighted by molar-refractivity contribution is -0.122. The zero-order valence-corrected chi connectivity index (χ0v) is 13.3. The number of nitrogens with one attached hydrogen (secondary N) is 2. The molecule has 19 heavy (non-hydrogen) atoms. The third-order valence-electron chi connectivity index (χ3n) is 3.20. The zero-order chi connectivity index (χ0) is 14.3. The Morgan fingerprint density at radius 1 is 1.37 bits per heavy atom. The molecule has 1 amide bonds. The van der Waals surface area contributed by atoms with Crippen LogP contribution in [0.2, 0.25) is 0 Å². The van der Waals surface area contributed by atoms with E-state index in [4.69, 9.17) is 0 Å². The molecule has 0 aliphatic heterocycles. The topological polar surface area (TPSA) is 41.1 Å². The van der Waals surface area contributed by atoms with Gasteiger partial charge in [-0.25, -0.2) is 0 Å². The van der Waals surface area contributed by atoms with E-state index in [1.165, 1.54) is 10.4 Å². The Morgan fingerprint density at radius 2 is 2.11 bits per heavy atom. The lowest BCUT2D eigenvalue weighted by Crippen LogP contribution is -2.42. The molecule has 2 N–H and O–H groups in total. The van der Waals surface area contributed by atoms with Crippen LogP contribution in [-0.4, -0.2) is 18.5 Å². The second-order valence-electron chi connectivity index (χ2n) is 5.30. The Labute approximate surface area is 120 Å². The average molecular weight is 282 g/mol. The number of thiophene rings is 1. The summed E-state index contributed by atoms with van der Waals surface area (Å²) in [6, 6.07) is 2.02. The van der Waals surface area contributed by atoms with Crippen LogP contribution in [0.3, 0.4) is 0 Å². The molecule has 0 saturated carbocycles. The van der Waals surface area contributed by atoms with E-state index in [0.29, 0.717) is 5.92 Å². The van der Waals surface area contributed by atoms with Gasteiger partial charge in [0.05, 0.1) is 6.04 Å². The summed E-state index contributed by atoms with van der Waals surface area (Å²) < 4.78 is 0. The first kappa shape index (κ1) is 16.2. The summed E-state index contributed by atoms with van der Waals surface area (Å²) >= 11 is 1.76. The molecule has 1 aromatic rings. The first-order chi connectivity index (χ1) is 9.04. The molecule has 1 aromatic heterocycles. The van der Waals surface area contributed by atoms with Gasteiger partial charge in [0.2, 0.25) is 5.91 Å². The van der Waals surface area contributed by atoms with E-state index >= 15 is 0 Å². The van der Waals surface area contributed by atoms with Gasteiger partial charge >= 0.3 is 0 Å². The molecule has 0 aliphatic rings. The molecule has 1 atom stereocenters. The van der Waals surface area contributed by atoms with Gasteiger partial charge in [-0.15, -0.1) is 11.3 Å². The Kier molecular flexibility index (Phi) is 7.10. The monoisotopic (exact) mass is 282 g/mol. The minimum absolute atomic E-state index is 0.0928. The molecule has 0 aromatic carbocycles. The van der Waals surface area contributed by atoms with E-state index in [9.17, 15) is 4.79 Å². The van der Waals surface area contributed by atoms with Crippen LogP contribution in [0, 0.1) is 5.92 Å². The summed E-state index contributed by atoms with van der Waals surface area (Å²) in [5.41, 5.74) is 1.38. The van der Waals surface area contributed by atoms with Crippen molar-refractivity contribution in [3.63, 3.8) is 0 Å². The molecule has 0 bridgehead atoms. The van der Waals surface area contributed by atoms with Crippen molar-refractivity contribution < 1.29 is 4.79 Å². The van der Waals surface area contributed by atoms with E-state index in [2.05, 4.69) is 42.9 Å². The quantitative estimate of drug-likeness (QED) is 0.769.